The molecule has 1 rings (SSSR count). The van der Waals surface area contributed by atoms with E-state index >= 15 is 0 Å². The third-order valence-electron chi connectivity index (χ3n) is 0.756. The molecule has 0 saturated carbocycles. The Labute approximate surface area is 96.6 Å². The van der Waals surface area contributed by atoms with E-state index in [9.17, 15) is 0 Å². The number of hydrogen-bond acceptors (Lipinski definition) is 2. The van der Waals surface area contributed by atoms with Crippen LogP contribution in [0.15, 0.2) is 30.3 Å². The van der Waals surface area contributed by atoms with Gasteiger partial charge in [0.2, 0.25) is 0 Å². The maximum Gasteiger partial charge on any atom is 1.00 e. The molecule has 0 radical (unpaired) electrons. The van der Waals surface area contributed by atoms with Crippen molar-refractivity contribution in [1.82, 2.24) is 0 Å². The smallest absolute Gasteiger partial charge is 0.870 e. The van der Waals surface area contributed by atoms with E-state index in [0.717, 1.165) is 0 Å². The zero-order valence-corrected chi connectivity index (χ0v) is 8.40. The summed E-state index contributed by atoms with van der Waals surface area (Å²) in [6.07, 6.45) is 0. The molecule has 1 aromatic carbocycles. The molecule has 9 heavy (non-hydrogen) atoms. The van der Waals surface area contributed by atoms with Gasteiger partial charge >= 0.3 is 51.4 Å². The minimum Gasteiger partial charge on any atom is -0.870 e. The van der Waals surface area contributed by atoms with Gasteiger partial charge in [0, 0.05) is 0 Å². The van der Waals surface area contributed by atoms with Crippen molar-refractivity contribution < 1.29 is 62.0 Å². The second-order valence-electron chi connectivity index (χ2n) is 1.34. The first-order valence-electron chi connectivity index (χ1n) is 2.13. The summed E-state index contributed by atoms with van der Waals surface area (Å²) in [4.78, 5) is 0. The van der Waals surface area contributed by atoms with Crippen molar-refractivity contribution in [2.45, 2.75) is 0 Å². The monoisotopic (exact) mass is 150 g/mol. The van der Waals surface area contributed by atoms with Crippen LogP contribution in [0.25, 0.3) is 0 Å². The molecule has 0 saturated heterocycles. The van der Waals surface area contributed by atoms with Crippen LogP contribution in [0.5, 0.6) is 5.75 Å². The Morgan fingerprint density at radius 2 is 1.44 bits per heavy atom. The summed E-state index contributed by atoms with van der Waals surface area (Å²) in [5.74, 6) is 0.322. The fraction of sp³-hybridized carbons (Fsp3) is 0. The van der Waals surface area contributed by atoms with E-state index in [-0.39, 0.29) is 56.9 Å². The van der Waals surface area contributed by atoms with Crippen molar-refractivity contribution in [1.29, 1.82) is 0 Å². The summed E-state index contributed by atoms with van der Waals surface area (Å²) in [6.45, 7) is 0. The first-order valence-corrected chi connectivity index (χ1v) is 2.13. The van der Waals surface area contributed by atoms with Crippen LogP contribution >= 0.6 is 0 Å². The second kappa shape index (κ2) is 6.73. The standard InChI is InChI=1S/C6H6O.K.H2O/c7-6-4-2-1-3-5-6;;/h1-5,7H;;1H2/q;+1;/p-1. The fourth-order valence-corrected chi connectivity index (χ4v) is 0.428. The van der Waals surface area contributed by atoms with Crippen LogP contribution in [0.2, 0.25) is 0 Å². The third-order valence-corrected chi connectivity index (χ3v) is 0.756. The van der Waals surface area contributed by atoms with Gasteiger partial charge in [-0.25, -0.2) is 0 Å². The Morgan fingerprint density at radius 1 is 1.00 bits per heavy atom. The van der Waals surface area contributed by atoms with Crippen molar-refractivity contribution in [2.24, 2.45) is 0 Å². The molecular weight excluding hydrogens is 143 g/mol. The van der Waals surface area contributed by atoms with Gasteiger partial charge in [0.05, 0.1) is 0 Å². The minimum atomic E-state index is 0. The maximum atomic E-state index is 8.63. The van der Waals surface area contributed by atoms with Crippen LogP contribution in [0.3, 0.4) is 0 Å². The molecule has 1 aromatic rings. The van der Waals surface area contributed by atoms with E-state index < -0.39 is 0 Å². The van der Waals surface area contributed by atoms with E-state index in [0.29, 0.717) is 5.75 Å². The van der Waals surface area contributed by atoms with Gasteiger partial charge < -0.3 is 10.6 Å². The van der Waals surface area contributed by atoms with Crippen molar-refractivity contribution >= 4 is 0 Å². The predicted octanol–water partition coefficient (Wildman–Crippen LogP) is -1.78. The van der Waals surface area contributed by atoms with Gasteiger partial charge in [-0.15, -0.1) is 0 Å². The Morgan fingerprint density at radius 3 is 1.67 bits per heavy atom. The Hall–Kier alpha value is 0.616. The van der Waals surface area contributed by atoms with E-state index in [1.165, 1.54) is 0 Å². The number of para-hydroxylation sites is 1. The number of phenols is 1. The summed E-state index contributed by atoms with van der Waals surface area (Å²) in [5.41, 5.74) is 0. The van der Waals surface area contributed by atoms with Crippen molar-refractivity contribution in [3.05, 3.63) is 30.3 Å². The molecule has 0 amide bonds. The van der Waals surface area contributed by atoms with Crippen LogP contribution in [0.1, 0.15) is 0 Å². The number of phenolic OH excluding ortho intramolecular Hbond substituents is 1. The summed E-state index contributed by atoms with van der Waals surface area (Å²) >= 11 is 0. The molecule has 0 aliphatic rings. The molecule has 2 nitrogen and oxygen atoms in total. The van der Waals surface area contributed by atoms with Crippen LogP contribution in [0, 0.1) is 0 Å². The molecule has 0 unspecified atom stereocenters. The molecule has 0 atom stereocenters. The molecule has 0 aliphatic carbocycles. The molecular formula is C6H7KO2. The average Bonchev–Trinajstić information content (AvgIpc) is 1.69. The van der Waals surface area contributed by atoms with Gasteiger partial charge in [0.15, 0.2) is 0 Å². The van der Waals surface area contributed by atoms with Crippen LogP contribution in [0.4, 0.5) is 0 Å². The third kappa shape index (κ3) is 5.08. The second-order valence-corrected chi connectivity index (χ2v) is 1.34. The van der Waals surface area contributed by atoms with Gasteiger partial charge in [-0.2, -0.15) is 0 Å². The fourth-order valence-electron chi connectivity index (χ4n) is 0.428. The predicted molar refractivity (Wildman–Crippen MR) is 30.0 cm³/mol. The zero-order chi connectivity index (χ0) is 5.11. The van der Waals surface area contributed by atoms with Crippen LogP contribution < -0.4 is 51.4 Å². The quantitative estimate of drug-likeness (QED) is 0.444. The number of rotatable bonds is 0. The van der Waals surface area contributed by atoms with E-state index in [1.807, 2.05) is 6.07 Å². The zero-order valence-electron chi connectivity index (χ0n) is 5.28. The normalized spacial score (nSPS) is 6.67. The molecule has 0 heterocycles. The van der Waals surface area contributed by atoms with Crippen LogP contribution in [-0.2, 0) is 0 Å². The maximum absolute atomic E-state index is 8.63. The molecule has 2 N–H and O–H groups in total. The summed E-state index contributed by atoms with van der Waals surface area (Å²) < 4.78 is 0. The van der Waals surface area contributed by atoms with Crippen molar-refractivity contribution in [2.75, 3.05) is 0 Å². The largest absolute Gasteiger partial charge is 1.00 e. The van der Waals surface area contributed by atoms with Gasteiger partial charge in [0.25, 0.3) is 0 Å². The molecule has 3 heteroatoms. The molecule has 0 fully saturated rings. The van der Waals surface area contributed by atoms with E-state index in [1.54, 1.807) is 24.3 Å². The number of hydrogen-bond donors (Lipinski definition) is 1. The topological polar surface area (TPSA) is 50.2 Å². The summed E-state index contributed by atoms with van der Waals surface area (Å²) in [5, 5.41) is 8.63. The minimum absolute atomic E-state index is 0. The van der Waals surface area contributed by atoms with Gasteiger partial charge in [-0.1, -0.05) is 18.2 Å². The van der Waals surface area contributed by atoms with Crippen molar-refractivity contribution in [3.63, 3.8) is 0 Å². The summed E-state index contributed by atoms with van der Waals surface area (Å²) in [7, 11) is 0. The first-order chi connectivity index (χ1) is 3.39. The average molecular weight is 150 g/mol. The number of aromatic hydroxyl groups is 1. The Balaban J connectivity index is 0. The van der Waals surface area contributed by atoms with Gasteiger partial charge in [-0.3, -0.25) is 0 Å². The number of benzene rings is 1. The Bertz CT molecular complexity index is 141. The molecule has 0 bridgehead atoms. The van der Waals surface area contributed by atoms with Crippen LogP contribution in [-0.4, -0.2) is 10.6 Å². The van der Waals surface area contributed by atoms with Crippen molar-refractivity contribution in [3.8, 4) is 5.75 Å². The SMILES string of the molecule is Oc1ccccc1.[K+].[OH-]. The first kappa shape index (κ1) is 12.3. The molecule has 0 aromatic heterocycles. The van der Waals surface area contributed by atoms with Gasteiger partial charge in [0.1, 0.15) is 5.75 Å². The van der Waals surface area contributed by atoms with Gasteiger partial charge in [-0.05, 0) is 12.1 Å². The summed E-state index contributed by atoms with van der Waals surface area (Å²) in [6, 6.07) is 8.71. The van der Waals surface area contributed by atoms with E-state index in [2.05, 4.69) is 0 Å². The van der Waals surface area contributed by atoms with E-state index in [4.69, 9.17) is 5.11 Å². The molecule has 44 valence electrons. The Kier molecular flexibility index (Phi) is 9.21. The molecule has 0 aliphatic heterocycles. The molecule has 0 spiro atoms.